The zero-order chi connectivity index (χ0) is 25.2. The molecule has 184 valence electrons. The van der Waals surface area contributed by atoms with Crippen LogP contribution in [0.15, 0.2) is 78.9 Å². The average molecular weight is 511 g/mol. The van der Waals surface area contributed by atoms with Crippen molar-refractivity contribution in [1.82, 2.24) is 4.57 Å². The normalized spacial score (nSPS) is 28.2. The fourth-order valence-electron chi connectivity index (χ4n) is 9.77. The lowest BCUT2D eigenvalue weighted by atomic mass is 9.43. The molecule has 1 heterocycles. The highest BCUT2D eigenvalue weighted by atomic mass is 35.5. The fraction of sp³-hybridized carbons (Fsp3) is 0.286. The molecule has 10 rings (SSSR count). The topological polar surface area (TPSA) is 28.7 Å². The molecule has 0 saturated heterocycles. The summed E-state index contributed by atoms with van der Waals surface area (Å²) in [5.74, 6) is 2.90. The summed E-state index contributed by atoms with van der Waals surface area (Å²) in [4.78, 5) is 0. The average Bonchev–Trinajstić information content (AvgIpc) is 3.42. The lowest BCUT2D eigenvalue weighted by molar-refractivity contribution is -0.0399. The standard InChI is InChI=1S/C35H27ClN2/c36-25-17-22(19-37)33-28-8-5-11-32(38-30-9-3-1-6-26(30)27-7-2-4-10-31(27)38)34(28)35(29(33)18-25)23-13-20-12-21(15-23)16-24(35)14-20/h1-11,17-18,20-21,23-24H,12-16H2. The van der Waals surface area contributed by atoms with Gasteiger partial charge in [0.05, 0.1) is 28.4 Å². The molecule has 0 unspecified atom stereocenters. The fourth-order valence-corrected chi connectivity index (χ4v) is 9.99. The van der Waals surface area contributed by atoms with Crippen LogP contribution in [0.3, 0.4) is 0 Å². The van der Waals surface area contributed by atoms with E-state index < -0.39 is 0 Å². The van der Waals surface area contributed by atoms with E-state index in [-0.39, 0.29) is 5.41 Å². The predicted molar refractivity (Wildman–Crippen MR) is 154 cm³/mol. The van der Waals surface area contributed by atoms with Crippen LogP contribution in [0.1, 0.15) is 48.8 Å². The molecule has 5 aliphatic rings. The molecule has 0 N–H and O–H groups in total. The number of benzene rings is 4. The second-order valence-electron chi connectivity index (χ2n) is 12.2. The summed E-state index contributed by atoms with van der Waals surface area (Å²) in [5, 5.41) is 13.6. The van der Waals surface area contributed by atoms with Crippen LogP contribution in [0.2, 0.25) is 5.02 Å². The Morgan fingerprint density at radius 1 is 0.763 bits per heavy atom. The molecule has 1 spiro atoms. The van der Waals surface area contributed by atoms with Gasteiger partial charge in [-0.3, -0.25) is 0 Å². The predicted octanol–water partition coefficient (Wildman–Crippen LogP) is 9.03. The largest absolute Gasteiger partial charge is 0.309 e. The molecular formula is C35H27ClN2. The molecule has 38 heavy (non-hydrogen) atoms. The minimum absolute atomic E-state index is 0.0857. The lowest BCUT2D eigenvalue weighted by Crippen LogP contribution is -2.55. The van der Waals surface area contributed by atoms with Crippen LogP contribution in [-0.2, 0) is 5.41 Å². The molecule has 0 amide bonds. The third-order valence-electron chi connectivity index (χ3n) is 10.6. The Morgan fingerprint density at radius 2 is 1.39 bits per heavy atom. The number of rotatable bonds is 1. The Balaban J connectivity index is 1.45. The number of halogens is 1. The minimum atomic E-state index is -0.0857. The number of hydrogen-bond donors (Lipinski definition) is 0. The van der Waals surface area contributed by atoms with E-state index in [0.717, 1.165) is 23.0 Å². The van der Waals surface area contributed by atoms with Gasteiger partial charge in [0.1, 0.15) is 0 Å². The second-order valence-corrected chi connectivity index (χ2v) is 12.7. The summed E-state index contributed by atoms with van der Waals surface area (Å²) < 4.78 is 2.51. The Morgan fingerprint density at radius 3 is 2.03 bits per heavy atom. The Bertz CT molecular complexity index is 1790. The van der Waals surface area contributed by atoms with Crippen molar-refractivity contribution >= 4 is 33.4 Å². The van der Waals surface area contributed by atoms with Gasteiger partial charge in [0, 0.05) is 26.8 Å². The SMILES string of the molecule is N#Cc1cc(Cl)cc2c1-c1cccc(-n3c4ccccc4c4ccccc43)c1C21C2CC3CC(C2)CC1C3. The summed E-state index contributed by atoms with van der Waals surface area (Å²) >= 11 is 6.79. The van der Waals surface area contributed by atoms with E-state index >= 15 is 0 Å². The molecule has 4 bridgehead atoms. The maximum Gasteiger partial charge on any atom is 0.0998 e. The molecule has 0 atom stereocenters. The molecule has 0 radical (unpaired) electrons. The van der Waals surface area contributed by atoms with Crippen LogP contribution in [0.25, 0.3) is 38.6 Å². The number of fused-ring (bicyclic) bond motifs is 6. The summed E-state index contributed by atoms with van der Waals surface area (Å²) in [5.41, 5.74) is 9.58. The third kappa shape index (κ3) is 2.45. The van der Waals surface area contributed by atoms with Crippen molar-refractivity contribution in [3.8, 4) is 22.9 Å². The van der Waals surface area contributed by atoms with Gasteiger partial charge in [-0.2, -0.15) is 5.26 Å². The Hall–Kier alpha value is -3.54. The van der Waals surface area contributed by atoms with Gasteiger partial charge < -0.3 is 4.57 Å². The summed E-state index contributed by atoms with van der Waals surface area (Å²) in [6.07, 6.45) is 6.59. The molecule has 1 aromatic heterocycles. The number of nitriles is 1. The van der Waals surface area contributed by atoms with Crippen LogP contribution < -0.4 is 0 Å². The number of hydrogen-bond acceptors (Lipinski definition) is 1. The summed E-state index contributed by atoms with van der Waals surface area (Å²) in [6.45, 7) is 0. The molecule has 4 aromatic carbocycles. The zero-order valence-electron chi connectivity index (χ0n) is 21.1. The van der Waals surface area contributed by atoms with Crippen LogP contribution in [0.5, 0.6) is 0 Å². The van der Waals surface area contributed by atoms with E-state index in [1.165, 1.54) is 76.3 Å². The van der Waals surface area contributed by atoms with Crippen molar-refractivity contribution in [2.24, 2.45) is 23.7 Å². The Labute approximate surface area is 227 Å². The maximum atomic E-state index is 10.3. The smallest absolute Gasteiger partial charge is 0.0998 e. The van der Waals surface area contributed by atoms with Gasteiger partial charge in [0.15, 0.2) is 0 Å². The number of nitrogens with zero attached hydrogens (tertiary/aromatic N) is 2. The molecular weight excluding hydrogens is 484 g/mol. The van der Waals surface area contributed by atoms with Crippen molar-refractivity contribution in [3.63, 3.8) is 0 Å². The van der Waals surface area contributed by atoms with Crippen LogP contribution in [-0.4, -0.2) is 4.57 Å². The van der Waals surface area contributed by atoms with Gasteiger partial charge in [-0.15, -0.1) is 0 Å². The summed E-state index contributed by atoms with van der Waals surface area (Å²) in [7, 11) is 0. The Kier molecular flexibility index (Phi) is 4.12. The first kappa shape index (κ1) is 21.4. The van der Waals surface area contributed by atoms with Crippen molar-refractivity contribution < 1.29 is 0 Å². The summed E-state index contributed by atoms with van der Waals surface area (Å²) in [6, 6.07) is 31.1. The zero-order valence-corrected chi connectivity index (χ0v) is 21.9. The van der Waals surface area contributed by atoms with Gasteiger partial charge in [-0.05, 0) is 103 Å². The van der Waals surface area contributed by atoms with E-state index in [9.17, 15) is 5.26 Å². The highest BCUT2D eigenvalue weighted by Crippen LogP contribution is 2.70. The molecule has 0 aliphatic heterocycles. The van der Waals surface area contributed by atoms with Crippen LogP contribution in [0.4, 0.5) is 0 Å². The molecule has 4 fully saturated rings. The molecule has 5 aromatic rings. The molecule has 5 aliphatic carbocycles. The van der Waals surface area contributed by atoms with E-state index in [4.69, 9.17) is 11.6 Å². The van der Waals surface area contributed by atoms with Crippen molar-refractivity contribution in [2.45, 2.75) is 37.5 Å². The van der Waals surface area contributed by atoms with E-state index in [0.29, 0.717) is 16.9 Å². The number of aromatic nitrogens is 1. The van der Waals surface area contributed by atoms with Crippen molar-refractivity contribution in [1.29, 1.82) is 5.26 Å². The minimum Gasteiger partial charge on any atom is -0.309 e. The van der Waals surface area contributed by atoms with Gasteiger partial charge in [-0.25, -0.2) is 0 Å². The van der Waals surface area contributed by atoms with Crippen molar-refractivity contribution in [3.05, 3.63) is 101 Å². The first-order valence-corrected chi connectivity index (χ1v) is 14.4. The first-order chi connectivity index (χ1) is 18.7. The van der Waals surface area contributed by atoms with Gasteiger partial charge in [-0.1, -0.05) is 60.1 Å². The second kappa shape index (κ2) is 7.31. The van der Waals surface area contributed by atoms with Gasteiger partial charge >= 0.3 is 0 Å². The highest BCUT2D eigenvalue weighted by Gasteiger charge is 2.62. The molecule has 4 saturated carbocycles. The third-order valence-corrected chi connectivity index (χ3v) is 10.9. The van der Waals surface area contributed by atoms with Gasteiger partial charge in [0.2, 0.25) is 0 Å². The first-order valence-electron chi connectivity index (χ1n) is 14.0. The molecule has 3 heteroatoms. The highest BCUT2D eigenvalue weighted by molar-refractivity contribution is 6.31. The van der Waals surface area contributed by atoms with Crippen LogP contribution in [0, 0.1) is 35.0 Å². The van der Waals surface area contributed by atoms with E-state index in [2.05, 4.69) is 83.4 Å². The van der Waals surface area contributed by atoms with E-state index in [1.807, 2.05) is 6.07 Å². The number of para-hydroxylation sites is 2. The molecule has 2 nitrogen and oxygen atoms in total. The maximum absolute atomic E-state index is 10.3. The van der Waals surface area contributed by atoms with Gasteiger partial charge in [0.25, 0.3) is 0 Å². The monoisotopic (exact) mass is 510 g/mol. The van der Waals surface area contributed by atoms with Crippen molar-refractivity contribution in [2.75, 3.05) is 0 Å². The van der Waals surface area contributed by atoms with E-state index in [1.54, 1.807) is 0 Å². The quantitative estimate of drug-likeness (QED) is 0.221. The van der Waals surface area contributed by atoms with Crippen LogP contribution >= 0.6 is 11.6 Å². The lowest BCUT2D eigenvalue weighted by Gasteiger charge is -2.61.